The van der Waals surface area contributed by atoms with Crippen LogP contribution in [-0.4, -0.2) is 57.9 Å². The van der Waals surface area contributed by atoms with Crippen LogP contribution in [0.3, 0.4) is 0 Å². The van der Waals surface area contributed by atoms with E-state index in [-0.39, 0.29) is 5.91 Å². The Morgan fingerprint density at radius 2 is 1.56 bits per heavy atom. The smallest absolute Gasteiger partial charge is 0.265 e. The van der Waals surface area contributed by atoms with Crippen LogP contribution >= 0.6 is 0 Å². The van der Waals surface area contributed by atoms with Crippen molar-refractivity contribution in [1.82, 2.24) is 19.9 Å². The number of rotatable bonds is 10. The third-order valence-electron chi connectivity index (χ3n) is 7.83. The lowest BCUT2D eigenvalue weighted by Crippen LogP contribution is -2.43. The number of carbonyl (C=O) groups excluding carboxylic acids is 1. The van der Waals surface area contributed by atoms with E-state index in [9.17, 15) is 13.6 Å². The lowest BCUT2D eigenvalue weighted by atomic mass is 9.82. The number of benzene rings is 2. The molecule has 7 nitrogen and oxygen atoms in total. The molecule has 39 heavy (non-hydrogen) atoms. The van der Waals surface area contributed by atoms with Crippen molar-refractivity contribution >= 4 is 11.7 Å². The number of amides is 1. The zero-order chi connectivity index (χ0) is 27.4. The molecule has 2 aliphatic heterocycles. The molecule has 0 radical (unpaired) electrons. The summed E-state index contributed by atoms with van der Waals surface area (Å²) in [6.45, 7) is 7.22. The van der Waals surface area contributed by atoms with Crippen molar-refractivity contribution in [2.75, 3.05) is 26.2 Å². The van der Waals surface area contributed by atoms with Gasteiger partial charge in [-0.1, -0.05) is 42.8 Å². The van der Waals surface area contributed by atoms with Crippen LogP contribution in [0.5, 0.6) is 0 Å². The lowest BCUT2D eigenvalue weighted by Gasteiger charge is -2.31. The van der Waals surface area contributed by atoms with E-state index in [0.29, 0.717) is 29.4 Å². The number of nitrogens with zero attached hydrogens (tertiary/aromatic N) is 5. The number of aliphatic imine (C=N–C) groups is 1. The Balaban J connectivity index is 1.21. The monoisotopic (exact) mass is 535 g/mol. The standard InChI is InChI=1S/C30H35F2N5O2/c1-3-4-6-27-33-28(39-35-27)22-15-19-36(20-16-22)17-5-18-37-21(2)34-30(29(37)38,23-7-11-25(31)12-8-23)24-9-13-26(32)14-10-24/h7-14,22H,3-6,15-20H2,1-2H3. The van der Waals surface area contributed by atoms with E-state index < -0.39 is 17.2 Å². The van der Waals surface area contributed by atoms with Gasteiger partial charge in [0.2, 0.25) is 5.89 Å². The number of amidine groups is 1. The van der Waals surface area contributed by atoms with Gasteiger partial charge in [-0.2, -0.15) is 4.98 Å². The van der Waals surface area contributed by atoms with E-state index in [0.717, 1.165) is 69.9 Å². The summed E-state index contributed by atoms with van der Waals surface area (Å²) in [4.78, 5) is 27.5. The maximum absolute atomic E-state index is 13.9. The molecule has 0 spiro atoms. The number of unbranched alkanes of at least 4 members (excludes halogenated alkanes) is 1. The van der Waals surface area contributed by atoms with Gasteiger partial charge in [0.05, 0.1) is 0 Å². The normalized spacial score (nSPS) is 18.1. The second-order valence-electron chi connectivity index (χ2n) is 10.5. The minimum absolute atomic E-state index is 0.202. The largest absolute Gasteiger partial charge is 0.339 e. The van der Waals surface area contributed by atoms with Gasteiger partial charge in [0.15, 0.2) is 11.4 Å². The number of carbonyl (C=O) groups is 1. The average Bonchev–Trinajstić information content (AvgIpc) is 3.52. The summed E-state index contributed by atoms with van der Waals surface area (Å²) in [6, 6.07) is 11.6. The molecule has 0 atom stereocenters. The van der Waals surface area contributed by atoms with Gasteiger partial charge in [-0.3, -0.25) is 9.69 Å². The molecule has 0 bridgehead atoms. The van der Waals surface area contributed by atoms with E-state index in [4.69, 9.17) is 9.52 Å². The zero-order valence-electron chi connectivity index (χ0n) is 22.6. The highest BCUT2D eigenvalue weighted by Gasteiger charge is 2.49. The van der Waals surface area contributed by atoms with Crippen molar-refractivity contribution in [2.45, 2.75) is 63.8 Å². The third-order valence-corrected chi connectivity index (χ3v) is 7.83. The average molecular weight is 536 g/mol. The maximum Gasteiger partial charge on any atom is 0.265 e. The lowest BCUT2D eigenvalue weighted by molar-refractivity contribution is -0.130. The Hall–Kier alpha value is -3.46. The zero-order valence-corrected chi connectivity index (χ0v) is 22.6. The fourth-order valence-corrected chi connectivity index (χ4v) is 5.61. The first-order valence-electron chi connectivity index (χ1n) is 13.9. The van der Waals surface area contributed by atoms with Crippen LogP contribution < -0.4 is 0 Å². The Bertz CT molecular complexity index is 1250. The molecular weight excluding hydrogens is 500 g/mol. The SMILES string of the molecule is CCCCc1noc(C2CCN(CCCN3C(=O)C(c4ccc(F)cc4)(c4ccc(F)cc4)N=C3C)CC2)n1. The fourth-order valence-electron chi connectivity index (χ4n) is 5.61. The van der Waals surface area contributed by atoms with Crippen LogP contribution in [0.1, 0.15) is 74.7 Å². The van der Waals surface area contributed by atoms with Gasteiger partial charge in [0, 0.05) is 18.9 Å². The van der Waals surface area contributed by atoms with Gasteiger partial charge in [-0.15, -0.1) is 0 Å². The fraction of sp³-hybridized carbons (Fsp3) is 0.467. The summed E-state index contributed by atoms with van der Waals surface area (Å²) in [5, 5.41) is 4.13. The highest BCUT2D eigenvalue weighted by Crippen LogP contribution is 2.40. The van der Waals surface area contributed by atoms with E-state index in [1.165, 1.54) is 24.3 Å². The number of hydrogen-bond donors (Lipinski definition) is 0. The number of piperidine rings is 1. The summed E-state index contributed by atoms with van der Waals surface area (Å²) in [5.41, 5.74) is -0.240. The molecule has 0 N–H and O–H groups in total. The van der Waals surface area contributed by atoms with Gasteiger partial charge in [0.1, 0.15) is 17.5 Å². The molecule has 1 aromatic heterocycles. The van der Waals surface area contributed by atoms with E-state index >= 15 is 0 Å². The Kier molecular flexibility index (Phi) is 8.16. The highest BCUT2D eigenvalue weighted by molar-refractivity contribution is 6.09. The number of halogens is 2. The summed E-state index contributed by atoms with van der Waals surface area (Å²) < 4.78 is 33.0. The van der Waals surface area contributed by atoms with Crippen LogP contribution in [-0.2, 0) is 16.8 Å². The molecular formula is C30H35F2N5O2. The van der Waals surface area contributed by atoms with Gasteiger partial charge in [-0.25, -0.2) is 13.8 Å². The molecule has 5 rings (SSSR count). The minimum atomic E-state index is -1.36. The molecule has 0 aliphatic carbocycles. The highest BCUT2D eigenvalue weighted by atomic mass is 19.1. The van der Waals surface area contributed by atoms with Crippen LogP contribution in [0.25, 0.3) is 0 Å². The molecule has 3 aromatic rings. The molecule has 1 fully saturated rings. The molecule has 3 heterocycles. The first-order valence-corrected chi connectivity index (χ1v) is 13.9. The van der Waals surface area contributed by atoms with E-state index in [2.05, 4.69) is 22.0 Å². The van der Waals surface area contributed by atoms with Crippen molar-refractivity contribution in [2.24, 2.45) is 4.99 Å². The van der Waals surface area contributed by atoms with Crippen molar-refractivity contribution < 1.29 is 18.1 Å². The summed E-state index contributed by atoms with van der Waals surface area (Å²) in [6.07, 6.45) is 5.76. The van der Waals surface area contributed by atoms with Crippen molar-refractivity contribution in [3.05, 3.63) is 83.0 Å². The third kappa shape index (κ3) is 5.64. The van der Waals surface area contributed by atoms with Crippen molar-refractivity contribution in [1.29, 1.82) is 0 Å². The molecule has 0 unspecified atom stereocenters. The number of aromatic nitrogens is 2. The number of aryl methyl sites for hydroxylation is 1. The van der Waals surface area contributed by atoms with Crippen molar-refractivity contribution in [3.8, 4) is 0 Å². The predicted molar refractivity (Wildman–Crippen MR) is 144 cm³/mol. The molecule has 206 valence electrons. The maximum atomic E-state index is 13.9. The van der Waals surface area contributed by atoms with Gasteiger partial charge in [0.25, 0.3) is 5.91 Å². The number of likely N-dealkylation sites (tertiary alicyclic amines) is 1. The quantitative estimate of drug-likeness (QED) is 0.345. The van der Waals surface area contributed by atoms with Crippen LogP contribution in [0, 0.1) is 11.6 Å². The summed E-state index contributed by atoms with van der Waals surface area (Å²) >= 11 is 0. The summed E-state index contributed by atoms with van der Waals surface area (Å²) in [7, 11) is 0. The van der Waals surface area contributed by atoms with E-state index in [1.54, 1.807) is 29.2 Å². The Labute approximate surface area is 227 Å². The van der Waals surface area contributed by atoms with Crippen LogP contribution in [0.4, 0.5) is 8.78 Å². The first kappa shape index (κ1) is 27.1. The molecule has 9 heteroatoms. The van der Waals surface area contributed by atoms with Gasteiger partial charge < -0.3 is 9.42 Å². The van der Waals surface area contributed by atoms with Crippen LogP contribution in [0.15, 0.2) is 58.0 Å². The predicted octanol–water partition coefficient (Wildman–Crippen LogP) is 5.46. The molecule has 0 saturated carbocycles. The Morgan fingerprint density at radius 3 is 2.15 bits per heavy atom. The van der Waals surface area contributed by atoms with Gasteiger partial charge in [-0.05, 0) is 87.6 Å². The van der Waals surface area contributed by atoms with Gasteiger partial charge >= 0.3 is 0 Å². The minimum Gasteiger partial charge on any atom is -0.339 e. The Morgan fingerprint density at radius 1 is 0.949 bits per heavy atom. The second-order valence-corrected chi connectivity index (χ2v) is 10.5. The summed E-state index contributed by atoms with van der Waals surface area (Å²) in [5.74, 6) is 1.47. The number of hydrogen-bond acceptors (Lipinski definition) is 6. The van der Waals surface area contributed by atoms with E-state index in [1.807, 2.05) is 6.92 Å². The first-order chi connectivity index (χ1) is 18.9. The molecule has 2 aromatic carbocycles. The topological polar surface area (TPSA) is 74.8 Å². The van der Waals surface area contributed by atoms with Crippen LogP contribution in [0.2, 0.25) is 0 Å². The second kappa shape index (κ2) is 11.7. The molecule has 1 saturated heterocycles. The molecule has 1 amide bonds. The molecule has 2 aliphatic rings. The van der Waals surface area contributed by atoms with Crippen molar-refractivity contribution in [3.63, 3.8) is 0 Å².